The predicted molar refractivity (Wildman–Crippen MR) is 116 cm³/mol. The fourth-order valence-electron chi connectivity index (χ4n) is 4.27. The van der Waals surface area contributed by atoms with Gasteiger partial charge in [-0.25, -0.2) is 14.8 Å². The molecule has 7 nitrogen and oxygen atoms in total. The monoisotopic (exact) mass is 455 g/mol. The Balaban J connectivity index is 1.59. The predicted octanol–water partition coefficient (Wildman–Crippen LogP) is 4.62. The highest BCUT2D eigenvalue weighted by atomic mass is 19.4. The van der Waals surface area contributed by atoms with E-state index < -0.39 is 23.7 Å². The molecule has 2 aliphatic rings. The van der Waals surface area contributed by atoms with E-state index in [0.29, 0.717) is 12.2 Å². The topological polar surface area (TPSA) is 79.7 Å². The van der Waals surface area contributed by atoms with Crippen molar-refractivity contribution in [2.75, 3.05) is 18.0 Å². The average Bonchev–Trinajstić information content (AvgIpc) is 2.72. The molecule has 1 aliphatic heterocycles. The van der Waals surface area contributed by atoms with Crippen LogP contribution in [0, 0.1) is 5.92 Å². The van der Waals surface area contributed by atoms with Crippen LogP contribution in [0.1, 0.15) is 65.1 Å². The number of halogens is 3. The largest absolute Gasteiger partial charge is 0.451 e. The van der Waals surface area contributed by atoms with E-state index in [1.807, 2.05) is 25.7 Å². The molecule has 1 saturated heterocycles. The lowest BCUT2D eigenvalue weighted by Crippen LogP contribution is -2.52. The first-order chi connectivity index (χ1) is 15.0. The second-order valence-electron chi connectivity index (χ2n) is 9.53. The third-order valence-electron chi connectivity index (χ3n) is 5.71. The molecule has 0 radical (unpaired) electrons. The van der Waals surface area contributed by atoms with E-state index in [1.54, 1.807) is 6.21 Å². The van der Waals surface area contributed by atoms with Gasteiger partial charge in [-0.3, -0.25) is 0 Å². The van der Waals surface area contributed by atoms with Crippen LogP contribution in [0.4, 0.5) is 23.7 Å². The van der Waals surface area contributed by atoms with E-state index in [0.717, 1.165) is 45.1 Å². The van der Waals surface area contributed by atoms with Gasteiger partial charge in [0.2, 0.25) is 5.82 Å². The maximum atomic E-state index is 12.7. The molecule has 1 aromatic heterocycles. The summed E-state index contributed by atoms with van der Waals surface area (Å²) in [7, 11) is 0. The molecule has 32 heavy (non-hydrogen) atoms. The van der Waals surface area contributed by atoms with Crippen LogP contribution in [0.2, 0.25) is 0 Å². The Morgan fingerprint density at radius 1 is 1.16 bits per heavy atom. The first-order valence-corrected chi connectivity index (χ1v) is 11.2. The number of aliphatic imine (C=N–C) groups is 1. The van der Waals surface area contributed by atoms with Gasteiger partial charge in [0.15, 0.2) is 0 Å². The van der Waals surface area contributed by atoms with E-state index in [4.69, 9.17) is 4.74 Å². The lowest BCUT2D eigenvalue weighted by molar-refractivity contribution is -0.145. The van der Waals surface area contributed by atoms with Crippen molar-refractivity contribution in [3.8, 4) is 0 Å². The molecule has 2 fully saturated rings. The van der Waals surface area contributed by atoms with Crippen LogP contribution in [0.25, 0.3) is 0 Å². The number of nitrogens with zero attached hydrogens (tertiary/aromatic N) is 4. The van der Waals surface area contributed by atoms with Gasteiger partial charge in [-0.1, -0.05) is 12.8 Å². The van der Waals surface area contributed by atoms with Crippen molar-refractivity contribution in [1.29, 1.82) is 0 Å². The lowest BCUT2D eigenvalue weighted by atomic mass is 9.84. The van der Waals surface area contributed by atoms with Gasteiger partial charge < -0.3 is 15.0 Å². The molecule has 2 heterocycles. The number of carbonyl (C=O) groups is 1. The molecule has 1 amide bonds. The molecule has 1 aromatic rings. The van der Waals surface area contributed by atoms with Gasteiger partial charge in [-0.15, -0.1) is 0 Å². The smallest absolute Gasteiger partial charge is 0.442 e. The fourth-order valence-corrected chi connectivity index (χ4v) is 4.27. The summed E-state index contributed by atoms with van der Waals surface area (Å²) in [5, 5.41) is 3.71. The molecule has 0 spiro atoms. The lowest BCUT2D eigenvalue weighted by Gasteiger charge is -2.39. The minimum atomic E-state index is -4.54. The Morgan fingerprint density at radius 2 is 1.84 bits per heavy atom. The van der Waals surface area contributed by atoms with Crippen LogP contribution in [-0.2, 0) is 10.9 Å². The van der Waals surface area contributed by atoms with Crippen LogP contribution >= 0.6 is 0 Å². The van der Waals surface area contributed by atoms with Crippen molar-refractivity contribution >= 4 is 18.0 Å². The molecular formula is C22H32F3N5O2. The molecule has 178 valence electrons. The van der Waals surface area contributed by atoms with Gasteiger partial charge in [0.05, 0.1) is 18.1 Å². The molecule has 3 rings (SSSR count). The van der Waals surface area contributed by atoms with Gasteiger partial charge in [-0.05, 0) is 46.5 Å². The summed E-state index contributed by atoms with van der Waals surface area (Å²) in [5.41, 5.74) is 0.0165. The summed E-state index contributed by atoms with van der Waals surface area (Å²) >= 11 is 0. The minimum Gasteiger partial charge on any atom is -0.442 e. The van der Waals surface area contributed by atoms with E-state index in [1.165, 1.54) is 12.4 Å². The molecule has 2 unspecified atom stereocenters. The Morgan fingerprint density at radius 3 is 2.50 bits per heavy atom. The standard InChI is InChI=1S/C22H32F3N5O2/c1-21(2,3)32-20(31)28-11-15-7-4-5-9-18(15)29-16-8-6-10-30(14-16)17-12-26-19(27-13-17)22(23,24)25/h11-13,15-16,18,29H,4-10,14H2,1-3H3/t15?,16?,18-/m1/s1. The van der Waals surface area contributed by atoms with Crippen LogP contribution in [-0.4, -0.2) is 53.1 Å². The number of alkyl halides is 3. The SMILES string of the molecule is CC(C)(C)OC(=O)N=CC1CCCC[C@H]1NC1CCCN(c2cnc(C(F)(F)F)nc2)C1. The zero-order valence-electron chi connectivity index (χ0n) is 18.9. The number of nitrogens with one attached hydrogen (secondary N) is 1. The Labute approximate surface area is 186 Å². The van der Waals surface area contributed by atoms with Crippen molar-refractivity contribution in [3.05, 3.63) is 18.2 Å². The Kier molecular flexibility index (Phi) is 7.74. The van der Waals surface area contributed by atoms with E-state index in [-0.39, 0.29) is 18.0 Å². The van der Waals surface area contributed by atoms with Crippen molar-refractivity contribution in [2.24, 2.45) is 10.9 Å². The van der Waals surface area contributed by atoms with Crippen molar-refractivity contribution in [1.82, 2.24) is 15.3 Å². The highest BCUT2D eigenvalue weighted by molar-refractivity contribution is 5.80. The third kappa shape index (κ3) is 7.15. The summed E-state index contributed by atoms with van der Waals surface area (Å²) in [4.78, 5) is 25.0. The quantitative estimate of drug-likeness (QED) is 0.668. The minimum absolute atomic E-state index is 0.140. The number of ether oxygens (including phenoxy) is 1. The number of hydrogen-bond donors (Lipinski definition) is 1. The van der Waals surface area contributed by atoms with E-state index in [9.17, 15) is 18.0 Å². The zero-order chi connectivity index (χ0) is 23.4. The van der Waals surface area contributed by atoms with E-state index >= 15 is 0 Å². The average molecular weight is 456 g/mol. The van der Waals surface area contributed by atoms with Crippen LogP contribution in [0.15, 0.2) is 17.4 Å². The summed E-state index contributed by atoms with van der Waals surface area (Å²) in [6.45, 7) is 6.84. The van der Waals surface area contributed by atoms with Gasteiger partial charge >= 0.3 is 12.3 Å². The number of hydrogen-bond acceptors (Lipinski definition) is 6. The highest BCUT2D eigenvalue weighted by Gasteiger charge is 2.35. The van der Waals surface area contributed by atoms with Crippen LogP contribution < -0.4 is 10.2 Å². The molecule has 1 saturated carbocycles. The van der Waals surface area contributed by atoms with Crippen molar-refractivity contribution in [3.63, 3.8) is 0 Å². The van der Waals surface area contributed by atoms with Crippen LogP contribution in [0.5, 0.6) is 0 Å². The zero-order valence-corrected chi connectivity index (χ0v) is 18.9. The van der Waals surface area contributed by atoms with Gasteiger partial charge in [0, 0.05) is 37.3 Å². The molecule has 1 N–H and O–H groups in total. The third-order valence-corrected chi connectivity index (χ3v) is 5.71. The number of rotatable bonds is 4. The normalized spacial score (nSPS) is 25.2. The van der Waals surface area contributed by atoms with Crippen molar-refractivity contribution < 1.29 is 22.7 Å². The molecular weight excluding hydrogens is 423 g/mol. The molecule has 0 aromatic carbocycles. The molecule has 10 heteroatoms. The second-order valence-corrected chi connectivity index (χ2v) is 9.53. The van der Waals surface area contributed by atoms with Gasteiger partial charge in [0.25, 0.3) is 0 Å². The first kappa shape index (κ1) is 24.4. The summed E-state index contributed by atoms with van der Waals surface area (Å²) in [5.74, 6) is -0.983. The number of piperidine rings is 1. The fraction of sp³-hybridized carbons (Fsp3) is 0.727. The Hall–Kier alpha value is -2.23. The number of anilines is 1. The summed E-state index contributed by atoms with van der Waals surface area (Å²) < 4.78 is 43.4. The highest BCUT2D eigenvalue weighted by Crippen LogP contribution is 2.28. The molecule has 3 atom stereocenters. The Bertz CT molecular complexity index is 792. The van der Waals surface area contributed by atoms with Gasteiger partial charge in [-0.2, -0.15) is 18.2 Å². The molecule has 1 aliphatic carbocycles. The maximum Gasteiger partial charge on any atom is 0.451 e. The molecule has 0 bridgehead atoms. The number of aromatic nitrogens is 2. The second kappa shape index (κ2) is 10.1. The summed E-state index contributed by atoms with van der Waals surface area (Å²) in [6, 6.07) is 0.385. The maximum absolute atomic E-state index is 12.7. The van der Waals surface area contributed by atoms with Crippen molar-refractivity contribution in [2.45, 2.75) is 83.2 Å². The number of carbonyl (C=O) groups excluding carboxylic acids is 1. The number of amides is 1. The first-order valence-electron chi connectivity index (χ1n) is 11.2. The summed E-state index contributed by atoms with van der Waals surface area (Å²) in [6.07, 6.45) is 5.12. The van der Waals surface area contributed by atoms with E-state index in [2.05, 4.69) is 20.3 Å². The van der Waals surface area contributed by atoms with Gasteiger partial charge in [0.1, 0.15) is 5.60 Å². The van der Waals surface area contributed by atoms with Crippen LogP contribution in [0.3, 0.4) is 0 Å².